The highest BCUT2D eigenvalue weighted by molar-refractivity contribution is 5.36. The average Bonchev–Trinajstić information content (AvgIpc) is 2.83. The molecule has 2 N–H and O–H groups in total. The lowest BCUT2D eigenvalue weighted by molar-refractivity contribution is 0.196. The van der Waals surface area contributed by atoms with E-state index < -0.39 is 0 Å². The molecule has 2 rings (SSSR count). The van der Waals surface area contributed by atoms with Crippen LogP contribution < -0.4 is 10.1 Å². The summed E-state index contributed by atoms with van der Waals surface area (Å²) in [7, 11) is 1.87. The molecular weight excluding hydrogens is 246 g/mol. The van der Waals surface area contributed by atoms with Crippen molar-refractivity contribution in [3.8, 4) is 5.88 Å². The first kappa shape index (κ1) is 13.3. The summed E-state index contributed by atoms with van der Waals surface area (Å²) in [6, 6.07) is 0.0658. The van der Waals surface area contributed by atoms with Gasteiger partial charge in [-0.2, -0.15) is 10.1 Å². The lowest BCUT2D eigenvalue weighted by Gasteiger charge is -2.13. The predicted octanol–water partition coefficient (Wildman–Crippen LogP) is 0.754. The lowest BCUT2D eigenvalue weighted by Crippen LogP contribution is -2.09. The summed E-state index contributed by atoms with van der Waals surface area (Å²) in [6.07, 6.45) is 6.88. The molecule has 1 unspecified atom stereocenters. The maximum Gasteiger partial charge on any atom is 0.234 e. The first-order chi connectivity index (χ1) is 9.19. The Kier molecular flexibility index (Phi) is 4.30. The highest BCUT2D eigenvalue weighted by Crippen LogP contribution is 2.17. The Bertz CT molecular complexity index is 528. The van der Waals surface area contributed by atoms with E-state index in [1.807, 2.05) is 20.2 Å². The van der Waals surface area contributed by atoms with E-state index in [9.17, 15) is 0 Å². The molecule has 0 fully saturated rings. The number of hydrogen-bond donors (Lipinski definition) is 2. The Morgan fingerprint density at radius 2 is 2.26 bits per heavy atom. The molecule has 2 aromatic heterocycles. The van der Waals surface area contributed by atoms with E-state index in [-0.39, 0.29) is 19.3 Å². The molecule has 19 heavy (non-hydrogen) atoms. The number of anilines is 1. The molecule has 7 nitrogen and oxygen atoms in total. The molecule has 7 heteroatoms. The molecule has 0 saturated heterocycles. The Labute approximate surface area is 111 Å². The summed E-state index contributed by atoms with van der Waals surface area (Å²) in [5.74, 6) is 1.00. The summed E-state index contributed by atoms with van der Waals surface area (Å²) in [4.78, 5) is 8.29. The quantitative estimate of drug-likeness (QED) is 0.800. The van der Waals surface area contributed by atoms with Gasteiger partial charge >= 0.3 is 0 Å². The fourth-order valence-corrected chi connectivity index (χ4v) is 1.61. The fraction of sp³-hybridized carbons (Fsp3) is 0.417. The molecule has 0 bridgehead atoms. The number of aromatic nitrogens is 4. The van der Waals surface area contributed by atoms with Gasteiger partial charge in [0.1, 0.15) is 12.4 Å². The van der Waals surface area contributed by atoms with Gasteiger partial charge in [-0.25, -0.2) is 0 Å². The van der Waals surface area contributed by atoms with Gasteiger partial charge in [-0.15, -0.1) is 0 Å². The van der Waals surface area contributed by atoms with Crippen LogP contribution in [0.4, 0.5) is 5.82 Å². The minimum atomic E-state index is -0.0502. The van der Waals surface area contributed by atoms with E-state index in [0.717, 1.165) is 5.56 Å². The van der Waals surface area contributed by atoms with Crippen LogP contribution in [-0.2, 0) is 7.05 Å². The zero-order chi connectivity index (χ0) is 13.7. The van der Waals surface area contributed by atoms with Crippen molar-refractivity contribution in [1.82, 2.24) is 19.7 Å². The van der Waals surface area contributed by atoms with E-state index in [1.165, 1.54) is 6.20 Å². The molecule has 102 valence electrons. The van der Waals surface area contributed by atoms with Gasteiger partial charge in [0.2, 0.25) is 5.88 Å². The second-order valence-corrected chi connectivity index (χ2v) is 4.13. The van der Waals surface area contributed by atoms with Crippen LogP contribution in [0.5, 0.6) is 5.88 Å². The van der Waals surface area contributed by atoms with E-state index in [0.29, 0.717) is 11.7 Å². The fourth-order valence-electron chi connectivity index (χ4n) is 1.61. The minimum Gasteiger partial charge on any atom is -0.474 e. The van der Waals surface area contributed by atoms with Crippen molar-refractivity contribution in [2.45, 2.75) is 13.0 Å². The summed E-state index contributed by atoms with van der Waals surface area (Å²) >= 11 is 0. The number of aliphatic hydroxyl groups excluding tert-OH is 1. The standard InChI is InChI=1S/C12H17N5O2/c1-9(10-5-14-17(2)8-10)15-11-6-13-7-12(16-11)19-4-3-18/h5-9,18H,3-4H2,1-2H3,(H,15,16). The Morgan fingerprint density at radius 1 is 1.42 bits per heavy atom. The van der Waals surface area contributed by atoms with Crippen LogP contribution in [-0.4, -0.2) is 38.1 Å². The van der Waals surface area contributed by atoms with E-state index >= 15 is 0 Å². The SMILES string of the molecule is CC(Nc1cncc(OCCO)n1)c1cnn(C)c1. The first-order valence-corrected chi connectivity index (χ1v) is 6.00. The van der Waals surface area contributed by atoms with Gasteiger partial charge in [0.05, 0.1) is 31.2 Å². The molecule has 0 spiro atoms. The van der Waals surface area contributed by atoms with E-state index in [1.54, 1.807) is 17.1 Å². The lowest BCUT2D eigenvalue weighted by atomic mass is 10.2. The molecule has 0 aliphatic heterocycles. The molecule has 0 saturated carbocycles. The van der Waals surface area contributed by atoms with Gasteiger partial charge in [0.15, 0.2) is 0 Å². The van der Waals surface area contributed by atoms with Crippen molar-refractivity contribution in [2.75, 3.05) is 18.5 Å². The van der Waals surface area contributed by atoms with Crippen molar-refractivity contribution in [1.29, 1.82) is 0 Å². The maximum atomic E-state index is 8.70. The molecule has 0 aliphatic carbocycles. The molecule has 0 aromatic carbocycles. The molecule has 0 radical (unpaired) electrons. The molecule has 1 atom stereocenters. The Hall–Kier alpha value is -2.15. The zero-order valence-corrected chi connectivity index (χ0v) is 10.9. The number of aryl methyl sites for hydroxylation is 1. The maximum absolute atomic E-state index is 8.70. The van der Waals surface area contributed by atoms with Gasteiger partial charge in [0.25, 0.3) is 0 Å². The van der Waals surface area contributed by atoms with Crippen LogP contribution in [0, 0.1) is 0 Å². The summed E-state index contributed by atoms with van der Waals surface area (Å²) < 4.78 is 6.96. The van der Waals surface area contributed by atoms with Crippen molar-refractivity contribution >= 4 is 5.82 Å². The Balaban J connectivity index is 2.02. The van der Waals surface area contributed by atoms with Gasteiger partial charge in [-0.05, 0) is 6.92 Å². The van der Waals surface area contributed by atoms with E-state index in [2.05, 4.69) is 20.4 Å². The third-order valence-electron chi connectivity index (χ3n) is 2.54. The number of ether oxygens (including phenoxy) is 1. The summed E-state index contributed by atoms with van der Waals surface area (Å²) in [6.45, 7) is 2.17. The molecule has 2 aromatic rings. The molecule has 0 amide bonds. The number of nitrogens with zero attached hydrogens (tertiary/aromatic N) is 4. The van der Waals surface area contributed by atoms with Crippen LogP contribution in [0.2, 0.25) is 0 Å². The second kappa shape index (κ2) is 6.14. The van der Waals surface area contributed by atoms with Crippen molar-refractivity contribution < 1.29 is 9.84 Å². The molecule has 2 heterocycles. The monoisotopic (exact) mass is 263 g/mol. The highest BCUT2D eigenvalue weighted by Gasteiger charge is 2.09. The van der Waals surface area contributed by atoms with Crippen molar-refractivity contribution in [3.05, 3.63) is 30.4 Å². The van der Waals surface area contributed by atoms with Gasteiger partial charge in [-0.1, -0.05) is 0 Å². The van der Waals surface area contributed by atoms with Crippen molar-refractivity contribution in [2.24, 2.45) is 7.05 Å². The third kappa shape index (κ3) is 3.65. The first-order valence-electron chi connectivity index (χ1n) is 6.00. The molecular formula is C12H17N5O2. The van der Waals surface area contributed by atoms with Crippen LogP contribution in [0.3, 0.4) is 0 Å². The second-order valence-electron chi connectivity index (χ2n) is 4.13. The van der Waals surface area contributed by atoms with Crippen LogP contribution in [0.1, 0.15) is 18.5 Å². The zero-order valence-electron chi connectivity index (χ0n) is 10.9. The van der Waals surface area contributed by atoms with Crippen molar-refractivity contribution in [3.63, 3.8) is 0 Å². The van der Waals surface area contributed by atoms with Gasteiger partial charge in [-0.3, -0.25) is 9.67 Å². The number of aliphatic hydroxyl groups is 1. The minimum absolute atomic E-state index is 0.0502. The normalized spacial score (nSPS) is 12.2. The smallest absolute Gasteiger partial charge is 0.234 e. The highest BCUT2D eigenvalue weighted by atomic mass is 16.5. The summed E-state index contributed by atoms with van der Waals surface area (Å²) in [5.41, 5.74) is 1.06. The van der Waals surface area contributed by atoms with Crippen LogP contribution in [0.25, 0.3) is 0 Å². The van der Waals surface area contributed by atoms with Gasteiger partial charge in [0, 0.05) is 18.8 Å². The number of rotatable bonds is 6. The topological polar surface area (TPSA) is 85.1 Å². The summed E-state index contributed by atoms with van der Waals surface area (Å²) in [5, 5.41) is 16.0. The molecule has 0 aliphatic rings. The van der Waals surface area contributed by atoms with Gasteiger partial charge < -0.3 is 15.2 Å². The predicted molar refractivity (Wildman–Crippen MR) is 69.9 cm³/mol. The van der Waals surface area contributed by atoms with E-state index in [4.69, 9.17) is 9.84 Å². The third-order valence-corrected chi connectivity index (χ3v) is 2.54. The number of nitrogens with one attached hydrogen (secondary N) is 1. The largest absolute Gasteiger partial charge is 0.474 e. The average molecular weight is 263 g/mol. The number of hydrogen-bond acceptors (Lipinski definition) is 6. The van der Waals surface area contributed by atoms with Crippen LogP contribution in [0.15, 0.2) is 24.8 Å². The Morgan fingerprint density at radius 3 is 2.95 bits per heavy atom. The van der Waals surface area contributed by atoms with Crippen LogP contribution >= 0.6 is 0 Å².